The Kier molecular flexibility index (Phi) is 5.36. The number of aromatic amines is 1. The van der Waals surface area contributed by atoms with Crippen LogP contribution in [-0.2, 0) is 0 Å². The molecule has 3 aromatic rings. The topological polar surface area (TPSA) is 68.1 Å². The molecule has 1 aromatic carbocycles. The highest BCUT2D eigenvalue weighted by Gasteiger charge is 2.18. The van der Waals surface area contributed by atoms with Crippen LogP contribution in [-0.4, -0.2) is 38.9 Å². The molecule has 0 radical (unpaired) electrons. The van der Waals surface area contributed by atoms with Gasteiger partial charge in [0.2, 0.25) is 5.16 Å². The maximum Gasteiger partial charge on any atom is 0.291 e. The molecule has 2 aromatic heterocycles. The molecule has 9 heteroatoms. The van der Waals surface area contributed by atoms with Gasteiger partial charge in [0.25, 0.3) is 5.76 Å². The van der Waals surface area contributed by atoms with Crippen LogP contribution in [0.15, 0.2) is 40.6 Å². The third-order valence-corrected chi connectivity index (χ3v) is 4.30. The molecule has 0 saturated heterocycles. The highest BCUT2D eigenvalue weighted by Crippen LogP contribution is 2.28. The molecule has 2 heterocycles. The summed E-state index contributed by atoms with van der Waals surface area (Å²) in [7, 11) is 1.57. The lowest BCUT2D eigenvalue weighted by Crippen LogP contribution is -1.98. The lowest BCUT2D eigenvalue weighted by Gasteiger charge is -2.05. The first-order chi connectivity index (χ1) is 12.5. The van der Waals surface area contributed by atoms with E-state index in [4.69, 9.17) is 4.74 Å². The van der Waals surface area contributed by atoms with Crippen molar-refractivity contribution in [3.63, 3.8) is 0 Å². The average molecular weight is 377 g/mol. The second-order valence-corrected chi connectivity index (χ2v) is 6.46. The van der Waals surface area contributed by atoms with E-state index in [1.165, 1.54) is 4.68 Å². The fraction of sp³-hybridized carbons (Fsp3) is 0.235. The largest absolute Gasteiger partial charge is 0.497 e. The van der Waals surface area contributed by atoms with E-state index in [1.54, 1.807) is 37.6 Å². The average Bonchev–Trinajstić information content (AvgIpc) is 3.15. The molecule has 0 unspecified atom stereocenters. The zero-order valence-electron chi connectivity index (χ0n) is 14.4. The van der Waals surface area contributed by atoms with Gasteiger partial charge in [-0.25, -0.2) is 0 Å². The summed E-state index contributed by atoms with van der Waals surface area (Å²) in [5, 5.41) is 12.3. The van der Waals surface area contributed by atoms with Crippen LogP contribution in [0.25, 0.3) is 11.4 Å². The van der Waals surface area contributed by atoms with Gasteiger partial charge in [0.1, 0.15) is 5.75 Å². The Morgan fingerprint density at radius 2 is 1.96 bits per heavy atom. The molecule has 0 atom stereocenters. The van der Waals surface area contributed by atoms with Crippen LogP contribution in [0.1, 0.15) is 17.0 Å². The van der Waals surface area contributed by atoms with Crippen molar-refractivity contribution in [3.05, 3.63) is 47.3 Å². The summed E-state index contributed by atoms with van der Waals surface area (Å²) in [5.74, 6) is -1.56. The zero-order chi connectivity index (χ0) is 18.7. The predicted molar refractivity (Wildman–Crippen MR) is 97.1 cm³/mol. The molecule has 0 fully saturated rings. The molecule has 0 saturated carbocycles. The number of hydrogen-bond donors (Lipinski definition) is 1. The maximum atomic E-state index is 12.9. The molecule has 0 amide bonds. The van der Waals surface area contributed by atoms with Gasteiger partial charge in [-0.05, 0) is 55.9 Å². The fourth-order valence-electron chi connectivity index (χ4n) is 2.44. The minimum Gasteiger partial charge on any atom is -0.497 e. The van der Waals surface area contributed by atoms with E-state index in [0.29, 0.717) is 28.9 Å². The van der Waals surface area contributed by atoms with Gasteiger partial charge in [-0.3, -0.25) is 0 Å². The van der Waals surface area contributed by atoms with Crippen LogP contribution in [0.4, 0.5) is 8.78 Å². The van der Waals surface area contributed by atoms with Gasteiger partial charge < -0.3 is 9.72 Å². The molecule has 0 aliphatic carbocycles. The van der Waals surface area contributed by atoms with Gasteiger partial charge in [-0.2, -0.15) is 18.6 Å². The normalized spacial score (nSPS) is 11.6. The third kappa shape index (κ3) is 3.93. The molecule has 0 aliphatic heterocycles. The molecular formula is C17H17F2N5OS. The van der Waals surface area contributed by atoms with Crippen LogP contribution < -0.4 is 4.74 Å². The Balaban J connectivity index is 2.01. The van der Waals surface area contributed by atoms with Gasteiger partial charge in [0.05, 0.1) is 13.3 Å². The second-order valence-electron chi connectivity index (χ2n) is 5.50. The number of nitrogens with one attached hydrogen (secondary N) is 1. The number of aromatic nitrogens is 4. The summed E-state index contributed by atoms with van der Waals surface area (Å²) in [6.45, 7) is 3.85. The number of H-pyrrole nitrogens is 1. The molecule has 26 heavy (non-hydrogen) atoms. The van der Waals surface area contributed by atoms with E-state index < -0.39 is 5.76 Å². The van der Waals surface area contributed by atoms with Crippen LogP contribution in [0.2, 0.25) is 0 Å². The quantitative estimate of drug-likeness (QED) is 0.519. The molecule has 1 N–H and O–H groups in total. The van der Waals surface area contributed by atoms with Gasteiger partial charge >= 0.3 is 0 Å². The van der Waals surface area contributed by atoms with E-state index in [1.807, 2.05) is 19.9 Å². The van der Waals surface area contributed by atoms with Crippen LogP contribution >= 0.6 is 11.8 Å². The van der Waals surface area contributed by atoms with Crippen molar-refractivity contribution in [2.24, 2.45) is 5.10 Å². The number of alkyl halides is 2. The lowest BCUT2D eigenvalue weighted by atomic mass is 10.2. The second kappa shape index (κ2) is 7.69. The first kappa shape index (κ1) is 18.1. The first-order valence-corrected chi connectivity index (χ1v) is 8.61. The van der Waals surface area contributed by atoms with Gasteiger partial charge in [-0.15, -0.1) is 10.2 Å². The molecule has 0 spiro atoms. The Labute approximate surface area is 153 Å². The molecule has 6 nitrogen and oxygen atoms in total. The van der Waals surface area contributed by atoms with Gasteiger partial charge in [0, 0.05) is 22.5 Å². The summed E-state index contributed by atoms with van der Waals surface area (Å²) in [4.78, 5) is 3.17. The van der Waals surface area contributed by atoms with E-state index in [0.717, 1.165) is 17.0 Å². The lowest BCUT2D eigenvalue weighted by molar-refractivity contribution is 0.251. The molecule has 136 valence electrons. The first-order valence-electron chi connectivity index (χ1n) is 7.73. The maximum absolute atomic E-state index is 12.9. The Morgan fingerprint density at radius 1 is 1.23 bits per heavy atom. The number of hydrogen-bond acceptors (Lipinski definition) is 5. The third-order valence-electron chi connectivity index (χ3n) is 3.66. The van der Waals surface area contributed by atoms with Crippen molar-refractivity contribution >= 4 is 18.0 Å². The molecule has 0 aliphatic rings. The Morgan fingerprint density at radius 3 is 2.54 bits per heavy atom. The number of benzene rings is 1. The number of ether oxygens (including phenoxy) is 1. The van der Waals surface area contributed by atoms with Crippen molar-refractivity contribution in [2.45, 2.75) is 24.8 Å². The summed E-state index contributed by atoms with van der Waals surface area (Å²) < 4.78 is 32.2. The summed E-state index contributed by atoms with van der Waals surface area (Å²) in [6.07, 6.45) is 1.60. The van der Waals surface area contributed by atoms with Gasteiger partial charge in [0.15, 0.2) is 5.82 Å². The molecule has 3 rings (SSSR count). The Bertz CT molecular complexity index is 918. The van der Waals surface area contributed by atoms with Crippen LogP contribution in [0, 0.1) is 13.8 Å². The number of rotatable bonds is 6. The number of halogens is 2. The van der Waals surface area contributed by atoms with Crippen molar-refractivity contribution < 1.29 is 13.5 Å². The number of thioether (sulfide) groups is 1. The zero-order valence-corrected chi connectivity index (χ0v) is 15.2. The molecular weight excluding hydrogens is 360 g/mol. The highest BCUT2D eigenvalue weighted by atomic mass is 32.2. The van der Waals surface area contributed by atoms with E-state index in [2.05, 4.69) is 20.3 Å². The number of aryl methyl sites for hydroxylation is 2. The smallest absolute Gasteiger partial charge is 0.291 e. The monoisotopic (exact) mass is 377 g/mol. The van der Waals surface area contributed by atoms with E-state index in [9.17, 15) is 8.78 Å². The Hall–Kier alpha value is -2.68. The minimum atomic E-state index is -2.62. The predicted octanol–water partition coefficient (Wildman–Crippen LogP) is 4.10. The van der Waals surface area contributed by atoms with Crippen molar-refractivity contribution in [1.29, 1.82) is 0 Å². The highest BCUT2D eigenvalue weighted by molar-refractivity contribution is 7.99. The summed E-state index contributed by atoms with van der Waals surface area (Å²) >= 11 is 0.303. The van der Waals surface area contributed by atoms with E-state index in [-0.39, 0.29) is 5.16 Å². The van der Waals surface area contributed by atoms with Gasteiger partial charge in [-0.1, -0.05) is 0 Å². The SMILES string of the molecule is COc1ccc(-c2nnc(SC(F)F)n2/N=C/c2cc(C)[nH]c2C)cc1. The van der Waals surface area contributed by atoms with Crippen molar-refractivity contribution in [1.82, 2.24) is 19.9 Å². The summed E-state index contributed by atoms with van der Waals surface area (Å²) in [5.41, 5.74) is 3.49. The van der Waals surface area contributed by atoms with Crippen LogP contribution in [0.3, 0.4) is 0 Å². The van der Waals surface area contributed by atoms with Crippen LogP contribution in [0.5, 0.6) is 5.75 Å². The minimum absolute atomic E-state index is 0.0204. The number of nitrogens with zero attached hydrogens (tertiary/aromatic N) is 4. The number of methoxy groups -OCH3 is 1. The fourth-order valence-corrected chi connectivity index (χ4v) is 2.92. The van der Waals surface area contributed by atoms with E-state index >= 15 is 0 Å². The standard InChI is InChI=1S/C17H17F2N5OS/c1-10-8-13(11(2)21-10)9-20-24-15(22-23-17(24)26-16(18)19)12-4-6-14(25-3)7-5-12/h4-9,16,21H,1-3H3/b20-9+. The molecule has 0 bridgehead atoms. The van der Waals surface area contributed by atoms with Crippen molar-refractivity contribution in [3.8, 4) is 17.1 Å². The van der Waals surface area contributed by atoms with Crippen molar-refractivity contribution in [2.75, 3.05) is 7.11 Å². The summed E-state index contributed by atoms with van der Waals surface area (Å²) in [6, 6.07) is 9.00.